The van der Waals surface area contributed by atoms with Crippen LogP contribution in [-0.4, -0.2) is 47.9 Å². The van der Waals surface area contributed by atoms with Crippen LogP contribution in [-0.2, 0) is 19.1 Å². The number of hydrogen-bond donors (Lipinski definition) is 2. The van der Waals surface area contributed by atoms with Gasteiger partial charge in [0, 0.05) is 17.4 Å². The second-order valence-corrected chi connectivity index (χ2v) is 7.92. The van der Waals surface area contributed by atoms with Crippen molar-refractivity contribution in [2.45, 2.75) is 43.7 Å². The molecule has 1 aliphatic carbocycles. The second kappa shape index (κ2) is 8.30. The molecular formula is C19H22BrN3O5. The van der Waals surface area contributed by atoms with Crippen LogP contribution in [0.2, 0.25) is 0 Å². The Bertz CT molecular complexity index is 789. The maximum absolute atomic E-state index is 12.6. The monoisotopic (exact) mass is 451 g/mol. The summed E-state index contributed by atoms with van der Waals surface area (Å²) in [6.07, 6.45) is 2.96. The van der Waals surface area contributed by atoms with Gasteiger partial charge in [-0.05, 0) is 30.5 Å². The highest BCUT2D eigenvalue weighted by atomic mass is 79.9. The predicted octanol–water partition coefficient (Wildman–Crippen LogP) is 2.03. The smallest absolute Gasteiger partial charge is 0.333 e. The van der Waals surface area contributed by atoms with E-state index in [-0.39, 0.29) is 18.9 Å². The average Bonchev–Trinajstić information content (AvgIpc) is 3.24. The van der Waals surface area contributed by atoms with Crippen molar-refractivity contribution in [2.24, 2.45) is 0 Å². The van der Waals surface area contributed by atoms with Crippen LogP contribution in [0.3, 0.4) is 0 Å². The lowest BCUT2D eigenvalue weighted by atomic mass is 9.98. The van der Waals surface area contributed by atoms with Gasteiger partial charge in [-0.3, -0.25) is 14.5 Å². The molecule has 8 nitrogen and oxygen atoms in total. The van der Waals surface area contributed by atoms with Gasteiger partial charge in [0.05, 0.1) is 7.11 Å². The number of methoxy groups -OCH3 is 1. The van der Waals surface area contributed by atoms with Crippen molar-refractivity contribution < 1.29 is 23.9 Å². The van der Waals surface area contributed by atoms with E-state index in [1.165, 1.54) is 7.11 Å². The molecule has 28 heavy (non-hydrogen) atoms. The lowest BCUT2D eigenvalue weighted by molar-refractivity contribution is -0.145. The molecule has 1 aliphatic heterocycles. The van der Waals surface area contributed by atoms with Gasteiger partial charge in [0.1, 0.15) is 5.54 Å². The minimum Gasteiger partial charge on any atom is -0.467 e. The van der Waals surface area contributed by atoms with Gasteiger partial charge in [0.15, 0.2) is 6.04 Å². The molecule has 3 rings (SSSR count). The van der Waals surface area contributed by atoms with Crippen LogP contribution in [0.25, 0.3) is 0 Å². The summed E-state index contributed by atoms with van der Waals surface area (Å²) in [4.78, 5) is 50.4. The van der Waals surface area contributed by atoms with E-state index in [2.05, 4.69) is 26.6 Å². The van der Waals surface area contributed by atoms with Crippen LogP contribution in [0.15, 0.2) is 28.7 Å². The third kappa shape index (κ3) is 4.04. The van der Waals surface area contributed by atoms with Crippen molar-refractivity contribution in [3.05, 3.63) is 34.3 Å². The number of imide groups is 1. The van der Waals surface area contributed by atoms with Gasteiger partial charge >= 0.3 is 12.0 Å². The van der Waals surface area contributed by atoms with Gasteiger partial charge in [0.2, 0.25) is 5.91 Å². The molecule has 1 saturated heterocycles. The third-order valence-electron chi connectivity index (χ3n) is 5.21. The number of nitrogens with one attached hydrogen (secondary N) is 2. The maximum atomic E-state index is 12.6. The number of rotatable bonds is 6. The Morgan fingerprint density at radius 1 is 1.25 bits per heavy atom. The fraction of sp³-hybridized carbons (Fsp3) is 0.474. The molecule has 1 aromatic carbocycles. The molecule has 2 N–H and O–H groups in total. The predicted molar refractivity (Wildman–Crippen MR) is 103 cm³/mol. The fourth-order valence-corrected chi connectivity index (χ4v) is 3.96. The lowest BCUT2D eigenvalue weighted by Crippen LogP contribution is -2.44. The highest BCUT2D eigenvalue weighted by molar-refractivity contribution is 9.10. The van der Waals surface area contributed by atoms with Gasteiger partial charge in [-0.15, -0.1) is 0 Å². The Labute approximate surface area is 171 Å². The van der Waals surface area contributed by atoms with Crippen molar-refractivity contribution in [1.82, 2.24) is 15.5 Å². The van der Waals surface area contributed by atoms with E-state index < -0.39 is 29.5 Å². The van der Waals surface area contributed by atoms with Crippen molar-refractivity contribution >= 4 is 39.7 Å². The van der Waals surface area contributed by atoms with Crippen LogP contribution in [0.1, 0.15) is 43.7 Å². The van der Waals surface area contributed by atoms with E-state index >= 15 is 0 Å². The van der Waals surface area contributed by atoms with Crippen LogP contribution in [0, 0.1) is 0 Å². The van der Waals surface area contributed by atoms with Crippen molar-refractivity contribution in [3.8, 4) is 0 Å². The van der Waals surface area contributed by atoms with E-state index in [1.54, 1.807) is 24.3 Å². The number of urea groups is 1. The number of benzene rings is 1. The van der Waals surface area contributed by atoms with Gasteiger partial charge in [-0.1, -0.05) is 40.9 Å². The van der Waals surface area contributed by atoms with E-state index in [9.17, 15) is 19.2 Å². The molecular weight excluding hydrogens is 430 g/mol. The van der Waals surface area contributed by atoms with E-state index in [1.807, 2.05) is 0 Å². The zero-order valence-corrected chi connectivity index (χ0v) is 17.1. The van der Waals surface area contributed by atoms with E-state index in [4.69, 9.17) is 4.74 Å². The maximum Gasteiger partial charge on any atom is 0.333 e. The van der Waals surface area contributed by atoms with Crippen LogP contribution < -0.4 is 10.6 Å². The summed E-state index contributed by atoms with van der Waals surface area (Å²) in [7, 11) is 1.24. The summed E-state index contributed by atoms with van der Waals surface area (Å²) >= 11 is 3.32. The quantitative estimate of drug-likeness (QED) is 0.508. The molecule has 1 heterocycles. The molecule has 1 saturated carbocycles. The Kier molecular flexibility index (Phi) is 6.02. The van der Waals surface area contributed by atoms with E-state index in [0.29, 0.717) is 18.4 Å². The van der Waals surface area contributed by atoms with Crippen molar-refractivity contribution in [3.63, 3.8) is 0 Å². The fourth-order valence-electron chi connectivity index (χ4n) is 3.69. The Morgan fingerprint density at radius 3 is 2.50 bits per heavy atom. The lowest BCUT2D eigenvalue weighted by Gasteiger charge is -2.20. The Hall–Kier alpha value is -2.42. The molecule has 1 atom stereocenters. The first-order valence-electron chi connectivity index (χ1n) is 9.13. The number of nitrogens with zero attached hydrogens (tertiary/aromatic N) is 1. The first kappa shape index (κ1) is 20.3. The highest BCUT2D eigenvalue weighted by Gasteiger charge is 2.52. The minimum absolute atomic E-state index is 0.0352. The highest BCUT2D eigenvalue weighted by Crippen LogP contribution is 2.35. The molecule has 0 radical (unpaired) electrons. The number of carbonyl (C=O) groups excluding carboxylic acids is 4. The third-order valence-corrected chi connectivity index (χ3v) is 5.74. The largest absolute Gasteiger partial charge is 0.467 e. The summed E-state index contributed by atoms with van der Waals surface area (Å²) < 4.78 is 5.62. The first-order valence-corrected chi connectivity index (χ1v) is 9.92. The number of hydrogen-bond acceptors (Lipinski definition) is 5. The van der Waals surface area contributed by atoms with Gasteiger partial charge in [-0.2, -0.15) is 0 Å². The minimum atomic E-state index is -0.963. The molecule has 2 aliphatic rings. The number of halogens is 1. The summed E-state index contributed by atoms with van der Waals surface area (Å²) in [5.74, 6) is -1.32. The van der Waals surface area contributed by atoms with E-state index in [0.717, 1.165) is 22.2 Å². The first-order chi connectivity index (χ1) is 13.4. The summed E-state index contributed by atoms with van der Waals surface area (Å²) in [6.45, 7) is -0.0352. The van der Waals surface area contributed by atoms with Gasteiger partial charge in [0.25, 0.3) is 5.91 Å². The molecule has 0 aromatic heterocycles. The number of amides is 4. The average molecular weight is 452 g/mol. The topological polar surface area (TPSA) is 105 Å². The molecule has 1 aromatic rings. The molecule has 2 fully saturated rings. The summed E-state index contributed by atoms with van der Waals surface area (Å²) in [6, 6.07) is 5.49. The van der Waals surface area contributed by atoms with Crippen molar-refractivity contribution in [1.29, 1.82) is 0 Å². The standard InChI is InChI=1S/C19H22BrN3O5/c1-28-16(25)15(12-4-6-13(20)7-5-12)21-14(24)8-11-23-17(26)19(22-18(23)27)9-2-3-10-19/h4-7,15H,2-3,8-11H2,1H3,(H,21,24)(H,22,27). The van der Waals surface area contributed by atoms with Crippen LogP contribution >= 0.6 is 15.9 Å². The SMILES string of the molecule is COC(=O)C(NC(=O)CCN1C(=O)NC2(CCCC2)C1=O)c1ccc(Br)cc1. The Balaban J connectivity index is 1.62. The molecule has 150 valence electrons. The van der Waals surface area contributed by atoms with Gasteiger partial charge < -0.3 is 15.4 Å². The summed E-state index contributed by atoms with van der Waals surface area (Å²) in [5, 5.41) is 5.40. The molecule has 9 heteroatoms. The van der Waals surface area contributed by atoms with Crippen molar-refractivity contribution in [2.75, 3.05) is 13.7 Å². The second-order valence-electron chi connectivity index (χ2n) is 7.00. The molecule has 4 amide bonds. The van der Waals surface area contributed by atoms with Gasteiger partial charge in [-0.25, -0.2) is 9.59 Å². The molecule has 0 bridgehead atoms. The summed E-state index contributed by atoms with van der Waals surface area (Å²) in [5.41, 5.74) is -0.220. The number of esters is 1. The molecule has 1 unspecified atom stereocenters. The molecule has 1 spiro atoms. The van der Waals surface area contributed by atoms with Crippen LogP contribution in [0.5, 0.6) is 0 Å². The zero-order chi connectivity index (χ0) is 20.3. The number of carbonyl (C=O) groups is 4. The van der Waals surface area contributed by atoms with Crippen LogP contribution in [0.4, 0.5) is 4.79 Å². The zero-order valence-electron chi connectivity index (χ0n) is 15.5. The normalized spacial score (nSPS) is 18.9. The number of ether oxygens (including phenoxy) is 1. The Morgan fingerprint density at radius 2 is 1.89 bits per heavy atom.